The number of hydrogen-bond donors (Lipinski definition) is 1. The van der Waals surface area contributed by atoms with Crippen molar-refractivity contribution in [1.29, 1.82) is 0 Å². The van der Waals surface area contributed by atoms with Crippen molar-refractivity contribution in [2.45, 2.75) is 18.7 Å². The number of nitrogens with zero attached hydrogens (tertiary/aromatic N) is 1. The summed E-state index contributed by atoms with van der Waals surface area (Å²) in [5.41, 5.74) is 1.19. The first-order chi connectivity index (χ1) is 16.1. The Morgan fingerprint density at radius 3 is 2.12 bits per heavy atom. The number of hydrogen-bond acceptors (Lipinski definition) is 5. The third-order valence-corrected chi connectivity index (χ3v) is 6.61. The van der Waals surface area contributed by atoms with E-state index in [9.17, 15) is 26.8 Å². The molecule has 0 atom stereocenters. The van der Waals surface area contributed by atoms with Crippen LogP contribution in [-0.4, -0.2) is 33.4 Å². The summed E-state index contributed by atoms with van der Waals surface area (Å²) in [7, 11) is -4.30. The number of anilines is 2. The van der Waals surface area contributed by atoms with Gasteiger partial charge in [-0.05, 0) is 80.1 Å². The van der Waals surface area contributed by atoms with Gasteiger partial charge in [-0.25, -0.2) is 22.0 Å². The molecule has 1 amide bonds. The van der Waals surface area contributed by atoms with Crippen molar-refractivity contribution >= 4 is 33.3 Å². The summed E-state index contributed by atoms with van der Waals surface area (Å²) in [6, 6.07) is 13.3. The van der Waals surface area contributed by atoms with Crippen molar-refractivity contribution in [2.75, 3.05) is 22.8 Å². The Kier molecular flexibility index (Phi) is 7.62. The molecule has 0 saturated heterocycles. The molecule has 3 rings (SSSR count). The zero-order chi connectivity index (χ0) is 24.9. The molecule has 7 nitrogen and oxygen atoms in total. The van der Waals surface area contributed by atoms with Gasteiger partial charge in [0.25, 0.3) is 10.0 Å². The molecule has 34 heavy (non-hydrogen) atoms. The number of carbonyl (C=O) groups excluding carboxylic acids is 2. The molecule has 0 bridgehead atoms. The summed E-state index contributed by atoms with van der Waals surface area (Å²) in [5, 5.41) is 2.60. The normalized spacial score (nSPS) is 11.1. The van der Waals surface area contributed by atoms with Gasteiger partial charge in [-0.1, -0.05) is 6.07 Å². The van der Waals surface area contributed by atoms with Crippen molar-refractivity contribution in [3.8, 4) is 0 Å². The lowest BCUT2D eigenvalue weighted by atomic mass is 10.1. The maximum absolute atomic E-state index is 13.4. The quantitative estimate of drug-likeness (QED) is 0.478. The van der Waals surface area contributed by atoms with Crippen LogP contribution < -0.4 is 9.62 Å². The molecule has 0 heterocycles. The fourth-order valence-electron chi connectivity index (χ4n) is 3.07. The van der Waals surface area contributed by atoms with Crippen molar-refractivity contribution in [2.24, 2.45) is 0 Å². The van der Waals surface area contributed by atoms with Crippen LogP contribution in [0.3, 0.4) is 0 Å². The lowest BCUT2D eigenvalue weighted by Crippen LogP contribution is -2.38. The van der Waals surface area contributed by atoms with Gasteiger partial charge in [-0.15, -0.1) is 0 Å². The van der Waals surface area contributed by atoms with Crippen LogP contribution in [0, 0.1) is 18.6 Å². The number of carbonyl (C=O) groups is 2. The molecule has 0 spiro atoms. The minimum absolute atomic E-state index is 0.0397. The first kappa shape index (κ1) is 24.8. The van der Waals surface area contributed by atoms with Crippen molar-refractivity contribution < 1.29 is 31.5 Å². The number of sulfonamides is 1. The molecule has 0 aliphatic heterocycles. The van der Waals surface area contributed by atoms with E-state index in [0.29, 0.717) is 11.3 Å². The number of aryl methyl sites for hydroxylation is 1. The van der Waals surface area contributed by atoms with Crippen LogP contribution in [0.25, 0.3) is 0 Å². The molecule has 0 radical (unpaired) electrons. The van der Waals surface area contributed by atoms with Gasteiger partial charge >= 0.3 is 5.97 Å². The lowest BCUT2D eigenvalue weighted by Gasteiger charge is -2.24. The van der Waals surface area contributed by atoms with Gasteiger partial charge in [-0.3, -0.25) is 9.10 Å². The third-order valence-electron chi connectivity index (χ3n) is 4.83. The second-order valence-corrected chi connectivity index (χ2v) is 9.10. The van der Waals surface area contributed by atoms with E-state index in [1.54, 1.807) is 26.0 Å². The summed E-state index contributed by atoms with van der Waals surface area (Å²) in [6.07, 6.45) is 0. The van der Waals surface area contributed by atoms with Crippen LogP contribution >= 0.6 is 0 Å². The molecular formula is C24H22F2N2O5S. The number of benzene rings is 3. The van der Waals surface area contributed by atoms with E-state index in [1.807, 2.05) is 0 Å². The van der Waals surface area contributed by atoms with Crippen LogP contribution in [-0.2, 0) is 19.6 Å². The molecule has 10 heteroatoms. The fourth-order valence-corrected chi connectivity index (χ4v) is 4.50. The van der Waals surface area contributed by atoms with Crippen LogP contribution in [0.1, 0.15) is 22.8 Å². The molecule has 1 N–H and O–H groups in total. The average Bonchev–Trinajstić information content (AvgIpc) is 2.80. The summed E-state index contributed by atoms with van der Waals surface area (Å²) in [4.78, 5) is 24.7. The van der Waals surface area contributed by atoms with Gasteiger partial charge < -0.3 is 10.1 Å². The molecule has 178 valence electrons. The van der Waals surface area contributed by atoms with Crippen molar-refractivity contribution in [1.82, 2.24) is 0 Å². The Morgan fingerprint density at radius 1 is 0.941 bits per heavy atom. The maximum Gasteiger partial charge on any atom is 0.338 e. The standard InChI is InChI=1S/C24H22F2N2O5S/c1-3-33-24(30)17-5-4-16(2)22(14-17)27-23(29)15-28(20-10-6-18(25)7-11-20)34(31,32)21-12-8-19(26)9-13-21/h4-14H,3,15H2,1-2H3,(H,27,29). The number of esters is 1. The Balaban J connectivity index is 1.92. The summed E-state index contributed by atoms with van der Waals surface area (Å²) < 4.78 is 59.1. The fraction of sp³-hybridized carbons (Fsp3) is 0.167. The molecule has 0 saturated carbocycles. The van der Waals surface area contributed by atoms with Gasteiger partial charge in [0, 0.05) is 5.69 Å². The predicted octanol–water partition coefficient (Wildman–Crippen LogP) is 4.28. The van der Waals surface area contributed by atoms with Crippen LogP contribution in [0.15, 0.2) is 71.6 Å². The molecular weight excluding hydrogens is 466 g/mol. The van der Waals surface area contributed by atoms with Crippen molar-refractivity contribution in [3.63, 3.8) is 0 Å². The molecule has 0 unspecified atom stereocenters. The summed E-state index contributed by atoms with van der Waals surface area (Å²) in [5.74, 6) is -2.48. The maximum atomic E-state index is 13.4. The zero-order valence-corrected chi connectivity index (χ0v) is 19.2. The topological polar surface area (TPSA) is 92.8 Å². The van der Waals surface area contributed by atoms with E-state index >= 15 is 0 Å². The van der Waals surface area contributed by atoms with Gasteiger partial charge in [0.2, 0.25) is 5.91 Å². The predicted molar refractivity (Wildman–Crippen MR) is 123 cm³/mol. The monoisotopic (exact) mass is 488 g/mol. The van der Waals surface area contributed by atoms with Gasteiger partial charge in [0.15, 0.2) is 0 Å². The van der Waals surface area contributed by atoms with Crippen molar-refractivity contribution in [3.05, 3.63) is 89.5 Å². The number of halogens is 2. The van der Waals surface area contributed by atoms with E-state index in [2.05, 4.69) is 5.32 Å². The first-order valence-electron chi connectivity index (χ1n) is 10.2. The molecule has 0 aliphatic carbocycles. The molecule has 3 aromatic rings. The number of ether oxygens (including phenoxy) is 1. The van der Waals surface area contributed by atoms with E-state index in [-0.39, 0.29) is 22.8 Å². The Hall–Kier alpha value is -3.79. The zero-order valence-electron chi connectivity index (χ0n) is 18.4. The number of amides is 1. The van der Waals surface area contributed by atoms with Crippen LogP contribution in [0.2, 0.25) is 0 Å². The first-order valence-corrected chi connectivity index (χ1v) is 11.7. The van der Waals surface area contributed by atoms with E-state index in [0.717, 1.165) is 40.7 Å². The smallest absolute Gasteiger partial charge is 0.338 e. The third kappa shape index (κ3) is 5.76. The highest BCUT2D eigenvalue weighted by Gasteiger charge is 2.27. The minimum Gasteiger partial charge on any atom is -0.462 e. The second-order valence-electron chi connectivity index (χ2n) is 7.24. The second kappa shape index (κ2) is 10.4. The van der Waals surface area contributed by atoms with Gasteiger partial charge in [0.05, 0.1) is 22.8 Å². The highest BCUT2D eigenvalue weighted by atomic mass is 32.2. The lowest BCUT2D eigenvalue weighted by molar-refractivity contribution is -0.114. The Labute approximate surface area is 196 Å². The van der Waals surface area contributed by atoms with Gasteiger partial charge in [-0.2, -0.15) is 0 Å². The molecule has 0 aliphatic rings. The SMILES string of the molecule is CCOC(=O)c1ccc(C)c(NC(=O)CN(c2ccc(F)cc2)S(=O)(=O)c2ccc(F)cc2)c1. The molecule has 0 aromatic heterocycles. The highest BCUT2D eigenvalue weighted by Crippen LogP contribution is 2.25. The van der Waals surface area contributed by atoms with Crippen LogP contribution in [0.5, 0.6) is 0 Å². The molecule has 0 fully saturated rings. The van der Waals surface area contributed by atoms with E-state index in [1.165, 1.54) is 18.2 Å². The Morgan fingerprint density at radius 2 is 1.53 bits per heavy atom. The summed E-state index contributed by atoms with van der Waals surface area (Å²) in [6.45, 7) is 2.90. The average molecular weight is 489 g/mol. The highest BCUT2D eigenvalue weighted by molar-refractivity contribution is 7.92. The largest absolute Gasteiger partial charge is 0.462 e. The van der Waals surface area contributed by atoms with Gasteiger partial charge in [0.1, 0.15) is 18.2 Å². The number of rotatable bonds is 8. The van der Waals surface area contributed by atoms with E-state index < -0.39 is 40.1 Å². The number of nitrogens with one attached hydrogen (secondary N) is 1. The summed E-state index contributed by atoms with van der Waals surface area (Å²) >= 11 is 0. The van der Waals surface area contributed by atoms with E-state index in [4.69, 9.17) is 4.74 Å². The molecule has 3 aromatic carbocycles. The van der Waals surface area contributed by atoms with Crippen LogP contribution in [0.4, 0.5) is 20.2 Å². The minimum atomic E-state index is -4.30. The Bertz CT molecular complexity index is 1290.